The van der Waals surface area contributed by atoms with E-state index in [1.807, 2.05) is 0 Å². The summed E-state index contributed by atoms with van der Waals surface area (Å²) in [6.07, 6.45) is -0.0774. The summed E-state index contributed by atoms with van der Waals surface area (Å²) in [6, 6.07) is 7.55. The topological polar surface area (TPSA) is 79.0 Å². The maximum absolute atomic E-state index is 14.6. The van der Waals surface area contributed by atoms with Crippen LogP contribution < -0.4 is 15.1 Å². The van der Waals surface area contributed by atoms with Crippen LogP contribution in [-0.2, 0) is 9.53 Å². The first-order valence-electron chi connectivity index (χ1n) is 9.04. The average Bonchev–Trinajstić information content (AvgIpc) is 3.40. The van der Waals surface area contributed by atoms with Crippen molar-refractivity contribution < 1.29 is 23.5 Å². The van der Waals surface area contributed by atoms with Gasteiger partial charge in [-0.25, -0.2) is 9.18 Å². The molecule has 0 spiro atoms. The molecule has 1 aromatic heterocycles. The Morgan fingerprint density at radius 3 is 2.76 bits per heavy atom. The number of carbonyl (C=O) groups is 3. The highest BCUT2D eigenvalue weighted by Crippen LogP contribution is 2.30. The van der Waals surface area contributed by atoms with Crippen molar-refractivity contribution in [3.63, 3.8) is 0 Å². The average molecular weight is 438 g/mol. The minimum atomic E-state index is -0.618. The molecule has 3 heterocycles. The molecule has 1 aromatic carbocycles. The fraction of sp³-hybridized carbons (Fsp3) is 0.316. The molecule has 0 saturated carbocycles. The summed E-state index contributed by atoms with van der Waals surface area (Å²) >= 11 is 6.98. The maximum Gasteiger partial charge on any atom is 0.414 e. The van der Waals surface area contributed by atoms with Gasteiger partial charge in [-0.3, -0.25) is 14.5 Å². The molecular weight excluding hydrogens is 421 g/mol. The second kappa shape index (κ2) is 8.00. The van der Waals surface area contributed by atoms with Gasteiger partial charge in [-0.15, -0.1) is 11.3 Å². The van der Waals surface area contributed by atoms with Crippen LogP contribution >= 0.6 is 22.9 Å². The number of benzene rings is 1. The molecule has 7 nitrogen and oxygen atoms in total. The highest BCUT2D eigenvalue weighted by atomic mass is 35.5. The van der Waals surface area contributed by atoms with Crippen LogP contribution in [0.2, 0.25) is 4.34 Å². The van der Waals surface area contributed by atoms with Gasteiger partial charge in [0.05, 0.1) is 33.7 Å². The molecule has 1 unspecified atom stereocenters. The van der Waals surface area contributed by atoms with E-state index < -0.39 is 18.0 Å². The Balaban J connectivity index is 1.39. The number of nitrogens with zero attached hydrogens (tertiary/aromatic N) is 2. The van der Waals surface area contributed by atoms with Gasteiger partial charge < -0.3 is 15.0 Å². The molecular formula is C19H17ClFN3O4S. The van der Waals surface area contributed by atoms with Gasteiger partial charge in [0.2, 0.25) is 5.91 Å². The number of thiophene rings is 1. The van der Waals surface area contributed by atoms with Crippen molar-refractivity contribution in [2.75, 3.05) is 29.4 Å². The Morgan fingerprint density at radius 1 is 1.28 bits per heavy atom. The Kier molecular flexibility index (Phi) is 5.42. The van der Waals surface area contributed by atoms with Gasteiger partial charge in [-0.2, -0.15) is 0 Å². The standard InChI is InChI=1S/C19H17ClFN3O4S/c20-16-6-5-15(29-16)18(26)22-9-12-10-24(19(27)28-12)11-3-4-14(13(21)8-11)23-7-1-2-17(23)25/h3-6,8,12H,1-2,7,9-10H2,(H,22,26). The molecule has 1 N–H and O–H groups in total. The second-order valence-electron chi connectivity index (χ2n) is 6.71. The Bertz CT molecular complexity index is 982. The van der Waals surface area contributed by atoms with Crippen LogP contribution in [0.4, 0.5) is 20.6 Å². The number of halogens is 2. The summed E-state index contributed by atoms with van der Waals surface area (Å²) in [7, 11) is 0. The molecule has 2 fully saturated rings. The minimum Gasteiger partial charge on any atom is -0.442 e. The molecule has 0 radical (unpaired) electrons. The number of cyclic esters (lactones) is 1. The van der Waals surface area contributed by atoms with Crippen LogP contribution in [0.25, 0.3) is 0 Å². The molecule has 2 aliphatic rings. The first kappa shape index (κ1) is 19.7. The lowest BCUT2D eigenvalue weighted by Crippen LogP contribution is -2.34. The smallest absolute Gasteiger partial charge is 0.414 e. The number of ether oxygens (including phenoxy) is 1. The summed E-state index contributed by atoms with van der Waals surface area (Å²) < 4.78 is 20.3. The van der Waals surface area contributed by atoms with Gasteiger partial charge in [0.1, 0.15) is 11.9 Å². The Hall–Kier alpha value is -2.65. The number of rotatable bonds is 5. The van der Waals surface area contributed by atoms with E-state index in [9.17, 15) is 18.8 Å². The van der Waals surface area contributed by atoms with E-state index in [4.69, 9.17) is 16.3 Å². The predicted octanol–water partition coefficient (Wildman–Crippen LogP) is 3.42. The van der Waals surface area contributed by atoms with Crippen molar-refractivity contribution in [3.8, 4) is 0 Å². The highest BCUT2D eigenvalue weighted by Gasteiger charge is 2.33. The second-order valence-corrected chi connectivity index (χ2v) is 8.43. The first-order chi connectivity index (χ1) is 13.9. The van der Waals surface area contributed by atoms with Crippen molar-refractivity contribution in [1.82, 2.24) is 5.32 Å². The van der Waals surface area contributed by atoms with Crippen molar-refractivity contribution in [2.24, 2.45) is 0 Å². The summed E-state index contributed by atoms with van der Waals surface area (Å²) in [5.74, 6) is -0.987. The third-order valence-electron chi connectivity index (χ3n) is 4.77. The SMILES string of the molecule is O=C(NCC1CN(c2ccc(N3CCCC3=O)c(F)c2)C(=O)O1)c1ccc(Cl)s1. The van der Waals surface area contributed by atoms with Crippen LogP contribution in [-0.4, -0.2) is 43.6 Å². The fourth-order valence-electron chi connectivity index (χ4n) is 3.35. The number of nitrogens with one attached hydrogen (secondary N) is 1. The van der Waals surface area contributed by atoms with Crippen LogP contribution in [0.3, 0.4) is 0 Å². The summed E-state index contributed by atoms with van der Waals surface area (Å²) in [4.78, 5) is 39.3. The molecule has 2 aliphatic heterocycles. The van der Waals surface area contributed by atoms with Gasteiger partial charge in [0.25, 0.3) is 5.91 Å². The lowest BCUT2D eigenvalue weighted by molar-refractivity contribution is -0.117. The summed E-state index contributed by atoms with van der Waals surface area (Å²) in [6.45, 7) is 0.781. The van der Waals surface area contributed by atoms with E-state index in [1.54, 1.807) is 18.2 Å². The van der Waals surface area contributed by atoms with Gasteiger partial charge in [-0.05, 0) is 36.8 Å². The van der Waals surface area contributed by atoms with Gasteiger partial charge in [0, 0.05) is 13.0 Å². The zero-order valence-corrected chi connectivity index (χ0v) is 16.8. The summed E-state index contributed by atoms with van der Waals surface area (Å²) in [5.41, 5.74) is 0.545. The normalized spacial score (nSPS) is 19.0. The van der Waals surface area contributed by atoms with Crippen LogP contribution in [0.5, 0.6) is 0 Å². The molecule has 10 heteroatoms. The zero-order valence-electron chi connectivity index (χ0n) is 15.2. The third kappa shape index (κ3) is 4.06. The highest BCUT2D eigenvalue weighted by molar-refractivity contribution is 7.18. The quantitative estimate of drug-likeness (QED) is 0.777. The van der Waals surface area contributed by atoms with Crippen LogP contribution in [0.1, 0.15) is 22.5 Å². The number of hydrogen-bond acceptors (Lipinski definition) is 5. The molecule has 152 valence electrons. The Labute approximate surface area is 175 Å². The number of amides is 3. The van der Waals surface area contributed by atoms with Crippen molar-refractivity contribution in [1.29, 1.82) is 0 Å². The number of anilines is 2. The lowest BCUT2D eigenvalue weighted by atomic mass is 10.2. The van der Waals surface area contributed by atoms with Gasteiger partial charge in [-0.1, -0.05) is 11.6 Å². The van der Waals surface area contributed by atoms with E-state index in [-0.39, 0.29) is 30.6 Å². The zero-order chi connectivity index (χ0) is 20.5. The number of carbonyl (C=O) groups excluding carboxylic acids is 3. The molecule has 2 aromatic rings. The van der Waals surface area contributed by atoms with Crippen LogP contribution in [0, 0.1) is 5.82 Å². The van der Waals surface area contributed by atoms with E-state index in [1.165, 1.54) is 21.9 Å². The van der Waals surface area contributed by atoms with Crippen molar-refractivity contribution in [3.05, 3.63) is 45.4 Å². The first-order valence-corrected chi connectivity index (χ1v) is 10.2. The van der Waals surface area contributed by atoms with E-state index >= 15 is 0 Å². The van der Waals surface area contributed by atoms with Gasteiger partial charge in [0.15, 0.2) is 0 Å². The van der Waals surface area contributed by atoms with Gasteiger partial charge >= 0.3 is 6.09 Å². The van der Waals surface area contributed by atoms with E-state index in [0.717, 1.165) is 11.3 Å². The molecule has 4 rings (SSSR count). The van der Waals surface area contributed by atoms with E-state index in [0.29, 0.717) is 34.3 Å². The van der Waals surface area contributed by atoms with Crippen molar-refractivity contribution in [2.45, 2.75) is 18.9 Å². The molecule has 29 heavy (non-hydrogen) atoms. The maximum atomic E-state index is 14.6. The molecule has 0 aliphatic carbocycles. The fourth-order valence-corrected chi connectivity index (χ4v) is 4.31. The molecule has 0 bridgehead atoms. The molecule has 3 amide bonds. The monoisotopic (exact) mass is 437 g/mol. The van der Waals surface area contributed by atoms with Crippen molar-refractivity contribution >= 4 is 52.2 Å². The lowest BCUT2D eigenvalue weighted by Gasteiger charge is -2.19. The predicted molar refractivity (Wildman–Crippen MR) is 107 cm³/mol. The molecule has 1 atom stereocenters. The number of hydrogen-bond donors (Lipinski definition) is 1. The largest absolute Gasteiger partial charge is 0.442 e. The van der Waals surface area contributed by atoms with Crippen LogP contribution in [0.15, 0.2) is 30.3 Å². The summed E-state index contributed by atoms with van der Waals surface area (Å²) in [5, 5.41) is 2.70. The Morgan fingerprint density at radius 2 is 2.10 bits per heavy atom. The van der Waals surface area contributed by atoms with E-state index in [2.05, 4.69) is 5.32 Å². The minimum absolute atomic E-state index is 0.111. The molecule has 2 saturated heterocycles. The third-order valence-corrected chi connectivity index (χ3v) is 6.00.